The van der Waals surface area contributed by atoms with Crippen molar-refractivity contribution in [1.29, 1.82) is 0 Å². The normalized spacial score (nSPS) is 20.8. The molecule has 1 aliphatic heterocycles. The summed E-state index contributed by atoms with van der Waals surface area (Å²) in [5, 5.41) is 2.70. The first-order valence-corrected chi connectivity index (χ1v) is 6.81. The van der Waals surface area contributed by atoms with Crippen molar-refractivity contribution in [1.82, 2.24) is 5.32 Å². The minimum Gasteiger partial charge on any atom is -0.342 e. The van der Waals surface area contributed by atoms with Crippen LogP contribution in [0.5, 0.6) is 0 Å². The Labute approximate surface area is 118 Å². The fourth-order valence-electron chi connectivity index (χ4n) is 2.33. The van der Waals surface area contributed by atoms with Gasteiger partial charge in [0.15, 0.2) is 0 Å². The Kier molecular flexibility index (Phi) is 4.06. The van der Waals surface area contributed by atoms with Gasteiger partial charge in [0.25, 0.3) is 0 Å². The average molecular weight is 278 g/mol. The summed E-state index contributed by atoms with van der Waals surface area (Å²) in [6.45, 7) is 5.55. The van der Waals surface area contributed by atoms with E-state index in [9.17, 15) is 14.0 Å². The van der Waals surface area contributed by atoms with Crippen LogP contribution in [0, 0.1) is 18.7 Å². The van der Waals surface area contributed by atoms with E-state index in [1.165, 1.54) is 11.0 Å². The van der Waals surface area contributed by atoms with Gasteiger partial charge in [-0.1, -0.05) is 26.3 Å². The van der Waals surface area contributed by atoms with Gasteiger partial charge in [-0.25, -0.2) is 4.39 Å². The molecule has 0 bridgehead atoms. The van der Waals surface area contributed by atoms with E-state index in [-0.39, 0.29) is 30.0 Å². The molecule has 4 nitrogen and oxygen atoms in total. The molecular formula is C15H19FN2O2. The van der Waals surface area contributed by atoms with Gasteiger partial charge in [-0.15, -0.1) is 0 Å². The standard InChI is InChI=1S/C15H19FN2O2/c1-4-10(3)14-15(20)18(8-13(19)17-14)12-7-9(2)5-6-11(12)16/h5-7,10,14H,4,8H2,1-3H3,(H,17,19). The Balaban J connectivity index is 2.37. The molecule has 0 radical (unpaired) electrons. The van der Waals surface area contributed by atoms with Crippen LogP contribution in [0.4, 0.5) is 10.1 Å². The van der Waals surface area contributed by atoms with Crippen molar-refractivity contribution in [2.75, 3.05) is 11.4 Å². The molecule has 1 aromatic carbocycles. The summed E-state index contributed by atoms with van der Waals surface area (Å²) in [6.07, 6.45) is 0.765. The van der Waals surface area contributed by atoms with Crippen molar-refractivity contribution >= 4 is 17.5 Å². The highest BCUT2D eigenvalue weighted by Crippen LogP contribution is 2.25. The summed E-state index contributed by atoms with van der Waals surface area (Å²) < 4.78 is 13.9. The smallest absolute Gasteiger partial charge is 0.250 e. The number of carbonyl (C=O) groups is 2. The van der Waals surface area contributed by atoms with Crippen LogP contribution in [-0.2, 0) is 9.59 Å². The zero-order chi connectivity index (χ0) is 14.9. The van der Waals surface area contributed by atoms with E-state index in [1.807, 2.05) is 20.8 Å². The van der Waals surface area contributed by atoms with Gasteiger partial charge in [0.05, 0.1) is 5.69 Å². The minimum atomic E-state index is -0.582. The van der Waals surface area contributed by atoms with Crippen LogP contribution in [-0.4, -0.2) is 24.4 Å². The molecular weight excluding hydrogens is 259 g/mol. The molecule has 0 aromatic heterocycles. The number of benzene rings is 1. The fraction of sp³-hybridized carbons (Fsp3) is 0.467. The first-order chi connectivity index (χ1) is 9.43. The van der Waals surface area contributed by atoms with Crippen LogP contribution in [0.3, 0.4) is 0 Å². The molecule has 5 heteroatoms. The van der Waals surface area contributed by atoms with Crippen molar-refractivity contribution in [2.45, 2.75) is 33.2 Å². The molecule has 2 amide bonds. The number of halogens is 1. The maximum Gasteiger partial charge on any atom is 0.250 e. The van der Waals surface area contributed by atoms with Gasteiger partial charge in [0.1, 0.15) is 18.4 Å². The highest BCUT2D eigenvalue weighted by Gasteiger charge is 2.37. The maximum absolute atomic E-state index is 13.9. The number of nitrogens with one attached hydrogen (secondary N) is 1. The van der Waals surface area contributed by atoms with E-state index in [2.05, 4.69) is 5.32 Å². The molecule has 1 N–H and O–H groups in total. The average Bonchev–Trinajstić information content (AvgIpc) is 2.43. The third kappa shape index (κ3) is 2.66. The van der Waals surface area contributed by atoms with Gasteiger partial charge in [-0.2, -0.15) is 0 Å². The second-order valence-electron chi connectivity index (χ2n) is 5.31. The third-order valence-corrected chi connectivity index (χ3v) is 3.76. The quantitative estimate of drug-likeness (QED) is 0.919. The van der Waals surface area contributed by atoms with Gasteiger partial charge in [-0.3, -0.25) is 14.5 Å². The van der Waals surface area contributed by atoms with Crippen LogP contribution >= 0.6 is 0 Å². The highest BCUT2D eigenvalue weighted by molar-refractivity contribution is 6.06. The van der Waals surface area contributed by atoms with Crippen molar-refractivity contribution < 1.29 is 14.0 Å². The van der Waals surface area contributed by atoms with Gasteiger partial charge in [-0.05, 0) is 30.5 Å². The molecule has 2 rings (SSSR count). The number of nitrogens with zero attached hydrogens (tertiary/aromatic N) is 1. The molecule has 1 aromatic rings. The highest BCUT2D eigenvalue weighted by atomic mass is 19.1. The lowest BCUT2D eigenvalue weighted by atomic mass is 9.96. The minimum absolute atomic E-state index is 0.0159. The Morgan fingerprint density at radius 2 is 2.15 bits per heavy atom. The molecule has 108 valence electrons. The van der Waals surface area contributed by atoms with Crippen molar-refractivity contribution in [2.24, 2.45) is 5.92 Å². The number of carbonyl (C=O) groups excluding carboxylic acids is 2. The first-order valence-electron chi connectivity index (χ1n) is 6.81. The topological polar surface area (TPSA) is 49.4 Å². The molecule has 2 atom stereocenters. The van der Waals surface area contributed by atoms with Gasteiger partial charge >= 0.3 is 0 Å². The Bertz CT molecular complexity index is 545. The molecule has 0 spiro atoms. The second-order valence-corrected chi connectivity index (χ2v) is 5.31. The van der Waals surface area contributed by atoms with Crippen LogP contribution in [0.25, 0.3) is 0 Å². The van der Waals surface area contributed by atoms with E-state index in [0.717, 1.165) is 12.0 Å². The van der Waals surface area contributed by atoms with Crippen LogP contribution in [0.15, 0.2) is 18.2 Å². The van der Waals surface area contributed by atoms with E-state index in [4.69, 9.17) is 0 Å². The molecule has 1 aliphatic rings. The van der Waals surface area contributed by atoms with Crippen molar-refractivity contribution in [3.63, 3.8) is 0 Å². The van der Waals surface area contributed by atoms with Gasteiger partial charge < -0.3 is 5.32 Å². The summed E-state index contributed by atoms with van der Waals surface area (Å²) in [7, 11) is 0. The van der Waals surface area contributed by atoms with Crippen molar-refractivity contribution in [3.8, 4) is 0 Å². The number of rotatable bonds is 3. The lowest BCUT2D eigenvalue weighted by Gasteiger charge is -2.35. The van der Waals surface area contributed by atoms with E-state index in [0.29, 0.717) is 0 Å². The van der Waals surface area contributed by atoms with Crippen molar-refractivity contribution in [3.05, 3.63) is 29.6 Å². The number of amides is 2. The molecule has 0 aliphatic carbocycles. The Morgan fingerprint density at radius 1 is 1.45 bits per heavy atom. The summed E-state index contributed by atoms with van der Waals surface area (Å²) in [5.74, 6) is -0.970. The predicted octanol–water partition coefficient (Wildman–Crippen LogP) is 2.01. The fourth-order valence-corrected chi connectivity index (χ4v) is 2.33. The molecule has 20 heavy (non-hydrogen) atoms. The third-order valence-electron chi connectivity index (χ3n) is 3.76. The predicted molar refractivity (Wildman–Crippen MR) is 74.9 cm³/mol. The lowest BCUT2D eigenvalue weighted by molar-refractivity contribution is -0.132. The van der Waals surface area contributed by atoms with Gasteiger partial charge in [0, 0.05) is 0 Å². The van der Waals surface area contributed by atoms with Gasteiger partial charge in [0.2, 0.25) is 11.8 Å². The Morgan fingerprint density at radius 3 is 2.80 bits per heavy atom. The number of hydrogen-bond acceptors (Lipinski definition) is 2. The maximum atomic E-state index is 13.9. The molecule has 0 saturated carbocycles. The largest absolute Gasteiger partial charge is 0.342 e. The number of aryl methyl sites for hydroxylation is 1. The molecule has 1 saturated heterocycles. The van der Waals surface area contributed by atoms with Crippen LogP contribution in [0.1, 0.15) is 25.8 Å². The summed E-state index contributed by atoms with van der Waals surface area (Å²) in [4.78, 5) is 25.5. The zero-order valence-corrected chi connectivity index (χ0v) is 11.9. The summed E-state index contributed by atoms with van der Waals surface area (Å²) in [6, 6.07) is 3.97. The first kappa shape index (κ1) is 14.5. The van der Waals surface area contributed by atoms with E-state index in [1.54, 1.807) is 12.1 Å². The van der Waals surface area contributed by atoms with E-state index < -0.39 is 11.9 Å². The number of anilines is 1. The number of hydrogen-bond donors (Lipinski definition) is 1. The lowest BCUT2D eigenvalue weighted by Crippen LogP contribution is -2.60. The summed E-state index contributed by atoms with van der Waals surface area (Å²) in [5.41, 5.74) is 1.03. The molecule has 1 heterocycles. The van der Waals surface area contributed by atoms with Crippen LogP contribution < -0.4 is 10.2 Å². The second kappa shape index (κ2) is 5.61. The van der Waals surface area contributed by atoms with Crippen LogP contribution in [0.2, 0.25) is 0 Å². The zero-order valence-electron chi connectivity index (χ0n) is 11.9. The molecule has 1 fully saturated rings. The SMILES string of the molecule is CCC(C)C1NC(=O)CN(c2cc(C)ccc2F)C1=O. The number of piperazine rings is 1. The summed E-state index contributed by atoms with van der Waals surface area (Å²) >= 11 is 0. The van der Waals surface area contributed by atoms with E-state index >= 15 is 0 Å². The Hall–Kier alpha value is -1.91. The molecule has 2 unspecified atom stereocenters. The monoisotopic (exact) mass is 278 g/mol.